The summed E-state index contributed by atoms with van der Waals surface area (Å²) in [5.74, 6) is 1.27. The minimum atomic E-state index is -0.646. The Morgan fingerprint density at radius 2 is 2.11 bits per heavy atom. The highest BCUT2D eigenvalue weighted by Crippen LogP contribution is 2.26. The lowest BCUT2D eigenvalue weighted by Gasteiger charge is -2.24. The molecule has 2 heterocycles. The van der Waals surface area contributed by atoms with Gasteiger partial charge in [-0.2, -0.15) is 0 Å². The first-order chi connectivity index (χ1) is 8.97. The molecule has 0 radical (unpaired) electrons. The highest BCUT2D eigenvalue weighted by Gasteiger charge is 2.20. The highest BCUT2D eigenvalue weighted by atomic mass is 16.5. The summed E-state index contributed by atoms with van der Waals surface area (Å²) in [6.45, 7) is 7.55. The van der Waals surface area contributed by atoms with Gasteiger partial charge in [0.2, 0.25) is 5.88 Å². The van der Waals surface area contributed by atoms with Crippen molar-refractivity contribution in [3.8, 4) is 5.88 Å². The van der Waals surface area contributed by atoms with E-state index in [0.717, 1.165) is 16.7 Å². The molecule has 19 heavy (non-hydrogen) atoms. The molecule has 2 aromatic rings. The molecule has 2 unspecified atom stereocenters. The van der Waals surface area contributed by atoms with Crippen LogP contribution in [0.1, 0.15) is 26.5 Å². The summed E-state index contributed by atoms with van der Waals surface area (Å²) in [4.78, 5) is 4.22. The minimum absolute atomic E-state index is 0.199. The van der Waals surface area contributed by atoms with Crippen LogP contribution < -0.4 is 10.1 Å². The van der Waals surface area contributed by atoms with E-state index in [2.05, 4.69) is 10.3 Å². The number of aliphatic hydroxyl groups is 1. The van der Waals surface area contributed by atoms with Crippen LogP contribution in [0.15, 0.2) is 22.7 Å². The number of aryl methyl sites for hydroxylation is 1. The Hall–Kier alpha value is -1.59. The van der Waals surface area contributed by atoms with Crippen molar-refractivity contribution in [3.63, 3.8) is 0 Å². The maximum atomic E-state index is 9.76. The molecule has 2 aromatic heterocycles. The van der Waals surface area contributed by atoms with Crippen molar-refractivity contribution < 1.29 is 14.3 Å². The van der Waals surface area contributed by atoms with Crippen molar-refractivity contribution >= 4 is 11.0 Å². The van der Waals surface area contributed by atoms with Crippen LogP contribution in [0.5, 0.6) is 5.88 Å². The lowest BCUT2D eigenvalue weighted by Crippen LogP contribution is -2.46. The molecule has 0 amide bonds. The first-order valence-corrected chi connectivity index (χ1v) is 6.43. The fraction of sp³-hybridized carbons (Fsp3) is 0.500. The summed E-state index contributed by atoms with van der Waals surface area (Å²) < 4.78 is 11.3. The molecule has 5 heteroatoms. The summed E-state index contributed by atoms with van der Waals surface area (Å²) in [6.07, 6.45) is 0.482. The molecule has 2 atom stereocenters. The largest absolute Gasteiger partial charge is 0.461 e. The first-order valence-electron chi connectivity index (χ1n) is 6.43. The van der Waals surface area contributed by atoms with Crippen LogP contribution in [0.4, 0.5) is 0 Å². The molecule has 0 fully saturated rings. The normalized spacial score (nSPS) is 14.8. The van der Waals surface area contributed by atoms with Gasteiger partial charge in [0.15, 0.2) is 6.23 Å². The summed E-state index contributed by atoms with van der Waals surface area (Å²) in [5, 5.41) is 13.7. The molecule has 0 saturated carbocycles. The van der Waals surface area contributed by atoms with E-state index >= 15 is 0 Å². The van der Waals surface area contributed by atoms with E-state index in [1.54, 1.807) is 19.2 Å². The van der Waals surface area contributed by atoms with Gasteiger partial charge in [-0.3, -0.25) is 5.32 Å². The molecule has 5 nitrogen and oxygen atoms in total. The van der Waals surface area contributed by atoms with E-state index in [0.29, 0.717) is 5.88 Å². The summed E-state index contributed by atoms with van der Waals surface area (Å²) >= 11 is 0. The zero-order valence-electron chi connectivity index (χ0n) is 11.7. The van der Waals surface area contributed by atoms with Gasteiger partial charge in [0.05, 0.1) is 5.39 Å². The number of pyridine rings is 1. The van der Waals surface area contributed by atoms with Crippen LogP contribution in [-0.4, -0.2) is 28.5 Å². The Morgan fingerprint density at radius 3 is 2.74 bits per heavy atom. The average Bonchev–Trinajstić information content (AvgIpc) is 2.68. The zero-order valence-corrected chi connectivity index (χ0v) is 11.7. The van der Waals surface area contributed by atoms with Gasteiger partial charge in [0.25, 0.3) is 0 Å². The third kappa shape index (κ3) is 3.24. The lowest BCUT2D eigenvalue weighted by molar-refractivity contribution is 0.0200. The molecule has 0 aliphatic heterocycles. The molecule has 0 aromatic carbocycles. The number of nitrogens with one attached hydrogen (secondary N) is 1. The smallest absolute Gasteiger partial charge is 0.226 e. The minimum Gasteiger partial charge on any atom is -0.461 e. The van der Waals surface area contributed by atoms with E-state index in [1.165, 1.54) is 0 Å². The number of fused-ring (bicyclic) bond motifs is 1. The molecule has 0 bridgehead atoms. The number of aliphatic hydroxyl groups excluding tert-OH is 1. The quantitative estimate of drug-likeness (QED) is 0.810. The molecule has 0 saturated heterocycles. The van der Waals surface area contributed by atoms with E-state index in [4.69, 9.17) is 9.15 Å². The number of aromatic nitrogens is 1. The highest BCUT2D eigenvalue weighted by molar-refractivity contribution is 5.82. The first kappa shape index (κ1) is 13.8. The fourth-order valence-electron chi connectivity index (χ4n) is 1.88. The van der Waals surface area contributed by atoms with Gasteiger partial charge in [0, 0.05) is 18.3 Å². The van der Waals surface area contributed by atoms with E-state index in [1.807, 2.05) is 26.8 Å². The maximum Gasteiger partial charge on any atom is 0.226 e. The van der Waals surface area contributed by atoms with Gasteiger partial charge in [-0.15, -0.1) is 0 Å². The van der Waals surface area contributed by atoms with Crippen LogP contribution in [0, 0.1) is 6.92 Å². The monoisotopic (exact) mass is 264 g/mol. The Morgan fingerprint density at radius 1 is 1.37 bits per heavy atom. The van der Waals surface area contributed by atoms with Gasteiger partial charge in [-0.05, 0) is 33.8 Å². The van der Waals surface area contributed by atoms with Crippen molar-refractivity contribution in [2.24, 2.45) is 0 Å². The zero-order chi connectivity index (χ0) is 14.0. The predicted octanol–water partition coefficient (Wildman–Crippen LogP) is 2.22. The van der Waals surface area contributed by atoms with Crippen molar-refractivity contribution in [3.05, 3.63) is 24.1 Å². The topological polar surface area (TPSA) is 67.5 Å². The molecule has 0 spiro atoms. The molecular weight excluding hydrogens is 244 g/mol. The Bertz CT molecular complexity index is 549. The van der Waals surface area contributed by atoms with Crippen molar-refractivity contribution in [2.75, 3.05) is 0 Å². The standard InChI is InChI=1S/C14H20N2O3/c1-8(2)16-13(10(4)17)19-14-11-7-9(3)18-12(11)5-6-15-14/h5-8,10,13,16-17H,1-4H3. The Labute approximate surface area is 112 Å². The molecule has 104 valence electrons. The van der Waals surface area contributed by atoms with Gasteiger partial charge >= 0.3 is 0 Å². The second-order valence-corrected chi connectivity index (χ2v) is 4.99. The van der Waals surface area contributed by atoms with Gasteiger partial charge in [0.1, 0.15) is 17.4 Å². The summed E-state index contributed by atoms with van der Waals surface area (Å²) in [6, 6.07) is 3.87. The number of ether oxygens (including phenoxy) is 1. The van der Waals surface area contributed by atoms with Crippen molar-refractivity contribution in [1.82, 2.24) is 10.3 Å². The molecule has 0 aliphatic carbocycles. The number of nitrogens with zero attached hydrogens (tertiary/aromatic N) is 1. The number of rotatable bonds is 5. The second kappa shape index (κ2) is 5.59. The second-order valence-electron chi connectivity index (χ2n) is 4.99. The van der Waals surface area contributed by atoms with Crippen LogP contribution in [0.2, 0.25) is 0 Å². The van der Waals surface area contributed by atoms with Crippen LogP contribution in [0.25, 0.3) is 11.0 Å². The SMILES string of the molecule is Cc1cc2c(OC(NC(C)C)C(C)O)nccc2o1. The third-order valence-corrected chi connectivity index (χ3v) is 2.71. The number of furan rings is 1. The molecule has 2 rings (SSSR count). The van der Waals surface area contributed by atoms with Gasteiger partial charge in [-0.1, -0.05) is 0 Å². The summed E-state index contributed by atoms with van der Waals surface area (Å²) in [7, 11) is 0. The van der Waals surface area contributed by atoms with E-state index in [9.17, 15) is 5.11 Å². The summed E-state index contributed by atoms with van der Waals surface area (Å²) in [5.41, 5.74) is 0.733. The van der Waals surface area contributed by atoms with Crippen LogP contribution in [-0.2, 0) is 0 Å². The van der Waals surface area contributed by atoms with E-state index in [-0.39, 0.29) is 6.04 Å². The molecule has 2 N–H and O–H groups in total. The lowest BCUT2D eigenvalue weighted by atomic mass is 10.3. The maximum absolute atomic E-state index is 9.76. The molecular formula is C14H20N2O3. The molecule has 0 aliphatic rings. The van der Waals surface area contributed by atoms with Crippen molar-refractivity contribution in [2.45, 2.75) is 46.1 Å². The fourth-order valence-corrected chi connectivity index (χ4v) is 1.88. The average molecular weight is 264 g/mol. The van der Waals surface area contributed by atoms with Crippen LogP contribution in [0.3, 0.4) is 0 Å². The number of hydrogen-bond donors (Lipinski definition) is 2. The Kier molecular flexibility index (Phi) is 4.07. The third-order valence-electron chi connectivity index (χ3n) is 2.71. The van der Waals surface area contributed by atoms with Crippen LogP contribution >= 0.6 is 0 Å². The Balaban J connectivity index is 2.28. The van der Waals surface area contributed by atoms with Crippen molar-refractivity contribution in [1.29, 1.82) is 0 Å². The predicted molar refractivity (Wildman–Crippen MR) is 73.1 cm³/mol. The van der Waals surface area contributed by atoms with E-state index < -0.39 is 12.3 Å². The van der Waals surface area contributed by atoms with Gasteiger partial charge in [-0.25, -0.2) is 4.98 Å². The number of hydrogen-bond acceptors (Lipinski definition) is 5. The van der Waals surface area contributed by atoms with Gasteiger partial charge < -0.3 is 14.3 Å².